The fourth-order valence-corrected chi connectivity index (χ4v) is 1.95. The van der Waals surface area contributed by atoms with Crippen LogP contribution in [0.3, 0.4) is 0 Å². The first-order chi connectivity index (χ1) is 6.18. The Bertz CT molecular complexity index is 472. The number of benzene rings is 1. The van der Waals surface area contributed by atoms with Crippen LogP contribution in [0.25, 0.3) is 10.8 Å². The highest BCUT2D eigenvalue weighted by molar-refractivity contribution is 9.10. The molecule has 0 aliphatic rings. The fourth-order valence-electron chi connectivity index (χ4n) is 1.17. The number of hydrogen-bond acceptors (Lipinski definition) is 1. The van der Waals surface area contributed by atoms with Crippen LogP contribution in [0, 0.1) is 5.82 Å². The second-order valence-electron chi connectivity index (χ2n) is 2.58. The molecule has 0 N–H and O–H groups in total. The van der Waals surface area contributed by atoms with Crippen molar-refractivity contribution < 1.29 is 4.39 Å². The molecule has 2 rings (SSSR count). The Balaban J connectivity index is 2.94. The van der Waals surface area contributed by atoms with Crippen molar-refractivity contribution in [2.75, 3.05) is 0 Å². The molecular weight excluding hydrogens is 256 g/mol. The Hall–Kier alpha value is -0.670. The summed E-state index contributed by atoms with van der Waals surface area (Å²) in [7, 11) is 0. The lowest BCUT2D eigenvalue weighted by atomic mass is 10.2. The van der Waals surface area contributed by atoms with E-state index in [0.29, 0.717) is 15.0 Å². The van der Waals surface area contributed by atoms with E-state index in [4.69, 9.17) is 11.6 Å². The zero-order valence-electron chi connectivity index (χ0n) is 6.39. The molecule has 0 atom stereocenters. The quantitative estimate of drug-likeness (QED) is 0.657. The van der Waals surface area contributed by atoms with Gasteiger partial charge in [-0.25, -0.2) is 9.37 Å². The lowest BCUT2D eigenvalue weighted by molar-refractivity contribution is 0.629. The summed E-state index contributed by atoms with van der Waals surface area (Å²) < 4.78 is 13.6. The highest BCUT2D eigenvalue weighted by Gasteiger charge is 2.04. The molecule has 0 radical (unpaired) electrons. The second kappa shape index (κ2) is 3.24. The fraction of sp³-hybridized carbons (Fsp3) is 0. The number of fused-ring (bicyclic) bond motifs is 1. The lowest BCUT2D eigenvalue weighted by Gasteiger charge is -2.01. The molecule has 0 fully saturated rings. The second-order valence-corrected chi connectivity index (χ2v) is 3.80. The summed E-state index contributed by atoms with van der Waals surface area (Å²) in [5.41, 5.74) is 0. The van der Waals surface area contributed by atoms with Crippen molar-refractivity contribution in [3.05, 3.63) is 39.8 Å². The maximum absolute atomic E-state index is 13.0. The molecule has 1 nitrogen and oxygen atoms in total. The average Bonchev–Trinajstić information content (AvgIpc) is 2.07. The Morgan fingerprint density at radius 2 is 2.08 bits per heavy atom. The van der Waals surface area contributed by atoms with Gasteiger partial charge in [0, 0.05) is 21.4 Å². The maximum atomic E-state index is 13.0. The van der Waals surface area contributed by atoms with E-state index in [9.17, 15) is 4.39 Å². The molecular formula is C9H4BrClFN. The summed E-state index contributed by atoms with van der Waals surface area (Å²) in [5, 5.41) is 1.80. The first kappa shape index (κ1) is 8.91. The molecule has 0 aliphatic heterocycles. The third-order valence-electron chi connectivity index (χ3n) is 1.75. The molecule has 1 aromatic carbocycles. The Kier molecular flexibility index (Phi) is 2.22. The van der Waals surface area contributed by atoms with Crippen LogP contribution in [0.1, 0.15) is 0 Å². The third kappa shape index (κ3) is 1.54. The van der Waals surface area contributed by atoms with E-state index in [0.717, 1.165) is 5.39 Å². The van der Waals surface area contributed by atoms with Crippen molar-refractivity contribution in [2.24, 2.45) is 0 Å². The van der Waals surface area contributed by atoms with Crippen LogP contribution >= 0.6 is 27.5 Å². The highest BCUT2D eigenvalue weighted by atomic mass is 79.9. The van der Waals surface area contributed by atoms with Gasteiger partial charge in [-0.15, -0.1) is 0 Å². The molecule has 0 amide bonds. The predicted octanol–water partition coefficient (Wildman–Crippen LogP) is 3.79. The number of halogens is 3. The zero-order valence-corrected chi connectivity index (χ0v) is 8.73. The van der Waals surface area contributed by atoms with Gasteiger partial charge in [0.15, 0.2) is 0 Å². The smallest absolute Gasteiger partial charge is 0.136 e. The van der Waals surface area contributed by atoms with Gasteiger partial charge in [-0.05, 0) is 18.2 Å². The van der Waals surface area contributed by atoms with E-state index in [1.54, 1.807) is 12.3 Å². The Morgan fingerprint density at radius 3 is 2.85 bits per heavy atom. The summed E-state index contributed by atoms with van der Waals surface area (Å²) in [6.45, 7) is 0. The van der Waals surface area contributed by atoms with Gasteiger partial charge in [0.05, 0.1) is 0 Å². The standard InChI is InChI=1S/C9H4BrClFN/c10-8-4-5(12)3-7-6(8)1-2-13-9(7)11/h1-4H. The van der Waals surface area contributed by atoms with Crippen LogP contribution in [0.4, 0.5) is 4.39 Å². The summed E-state index contributed by atoms with van der Waals surface area (Å²) in [5.74, 6) is -0.325. The SMILES string of the molecule is Fc1cc(Br)c2ccnc(Cl)c2c1. The van der Waals surface area contributed by atoms with Crippen LogP contribution in [0.15, 0.2) is 28.9 Å². The number of pyridine rings is 1. The lowest BCUT2D eigenvalue weighted by Crippen LogP contribution is -1.82. The molecule has 0 saturated carbocycles. The van der Waals surface area contributed by atoms with E-state index >= 15 is 0 Å². The topological polar surface area (TPSA) is 12.9 Å². The average molecular weight is 260 g/mol. The third-order valence-corrected chi connectivity index (χ3v) is 2.70. The summed E-state index contributed by atoms with van der Waals surface area (Å²) >= 11 is 9.06. The zero-order chi connectivity index (χ0) is 9.42. The van der Waals surface area contributed by atoms with Crippen molar-refractivity contribution in [2.45, 2.75) is 0 Å². The van der Waals surface area contributed by atoms with Gasteiger partial charge in [0.2, 0.25) is 0 Å². The van der Waals surface area contributed by atoms with Gasteiger partial charge in [-0.3, -0.25) is 0 Å². The van der Waals surface area contributed by atoms with Crippen LogP contribution in [-0.2, 0) is 0 Å². The Morgan fingerprint density at radius 1 is 1.31 bits per heavy atom. The van der Waals surface area contributed by atoms with Crippen molar-refractivity contribution >= 4 is 38.3 Å². The van der Waals surface area contributed by atoms with Crippen LogP contribution in [-0.4, -0.2) is 4.98 Å². The first-order valence-corrected chi connectivity index (χ1v) is 4.75. The molecule has 13 heavy (non-hydrogen) atoms. The molecule has 0 unspecified atom stereocenters. The molecule has 1 heterocycles. The van der Waals surface area contributed by atoms with Gasteiger partial charge in [0.25, 0.3) is 0 Å². The first-order valence-electron chi connectivity index (χ1n) is 3.58. The number of rotatable bonds is 0. The van der Waals surface area contributed by atoms with Gasteiger partial charge in [0.1, 0.15) is 11.0 Å². The largest absolute Gasteiger partial charge is 0.244 e. The molecule has 2 aromatic rings. The van der Waals surface area contributed by atoms with E-state index in [2.05, 4.69) is 20.9 Å². The van der Waals surface area contributed by atoms with Crippen molar-refractivity contribution in [3.8, 4) is 0 Å². The molecule has 0 bridgehead atoms. The van der Waals surface area contributed by atoms with Crippen molar-refractivity contribution in [3.63, 3.8) is 0 Å². The van der Waals surface area contributed by atoms with E-state index in [1.165, 1.54) is 12.1 Å². The molecule has 1 aromatic heterocycles. The van der Waals surface area contributed by atoms with Crippen LogP contribution < -0.4 is 0 Å². The monoisotopic (exact) mass is 259 g/mol. The van der Waals surface area contributed by atoms with Gasteiger partial charge < -0.3 is 0 Å². The Labute approximate surface area is 87.7 Å². The molecule has 0 aliphatic carbocycles. The van der Waals surface area contributed by atoms with Crippen molar-refractivity contribution in [1.29, 1.82) is 0 Å². The molecule has 0 spiro atoms. The normalized spacial score (nSPS) is 10.7. The van der Waals surface area contributed by atoms with Gasteiger partial charge in [-0.2, -0.15) is 0 Å². The summed E-state index contributed by atoms with van der Waals surface area (Å²) in [6, 6.07) is 4.55. The van der Waals surface area contributed by atoms with E-state index < -0.39 is 0 Å². The highest BCUT2D eigenvalue weighted by Crippen LogP contribution is 2.28. The van der Waals surface area contributed by atoms with E-state index in [1.807, 2.05) is 0 Å². The van der Waals surface area contributed by atoms with E-state index in [-0.39, 0.29) is 5.82 Å². The van der Waals surface area contributed by atoms with Crippen molar-refractivity contribution in [1.82, 2.24) is 4.98 Å². The molecule has 0 saturated heterocycles. The number of aromatic nitrogens is 1. The van der Waals surface area contributed by atoms with Crippen LogP contribution in [0.5, 0.6) is 0 Å². The number of hydrogen-bond donors (Lipinski definition) is 0. The maximum Gasteiger partial charge on any atom is 0.136 e. The molecule has 66 valence electrons. The number of nitrogens with zero attached hydrogens (tertiary/aromatic N) is 1. The minimum atomic E-state index is -0.325. The minimum Gasteiger partial charge on any atom is -0.244 e. The summed E-state index contributed by atoms with van der Waals surface area (Å²) in [6.07, 6.45) is 1.59. The molecule has 4 heteroatoms. The summed E-state index contributed by atoms with van der Waals surface area (Å²) in [4.78, 5) is 3.87. The van der Waals surface area contributed by atoms with Gasteiger partial charge in [-0.1, -0.05) is 27.5 Å². The van der Waals surface area contributed by atoms with Gasteiger partial charge >= 0.3 is 0 Å². The predicted molar refractivity (Wildman–Crippen MR) is 54.4 cm³/mol. The minimum absolute atomic E-state index is 0.317. The van der Waals surface area contributed by atoms with Crippen LogP contribution in [0.2, 0.25) is 5.15 Å².